The second-order valence-corrected chi connectivity index (χ2v) is 8.19. The number of esters is 2. The fourth-order valence-electron chi connectivity index (χ4n) is 5.17. The highest BCUT2D eigenvalue weighted by molar-refractivity contribution is 6.04. The molecular formula is C25H27NO5. The van der Waals surface area contributed by atoms with Crippen LogP contribution in [0.1, 0.15) is 43.7 Å². The standard InChI is InChI=1S/C25H27NO5/c1-17(27)31-25(18-11-5-3-6-12-18,19-13-7-4-8-14-19)22-21(24(29)30-2)23(28)26(22)20-15-9-10-16-20/h3-8,11-14,20-22H,9-10,15-16H2,1-2H3/t21-,22+/m0/s1. The molecule has 31 heavy (non-hydrogen) atoms. The molecule has 0 radical (unpaired) electrons. The van der Waals surface area contributed by atoms with Crippen molar-refractivity contribution in [2.45, 2.75) is 50.3 Å². The maximum absolute atomic E-state index is 13.2. The molecule has 0 spiro atoms. The Kier molecular flexibility index (Phi) is 5.81. The van der Waals surface area contributed by atoms with Crippen LogP contribution in [0.3, 0.4) is 0 Å². The van der Waals surface area contributed by atoms with Gasteiger partial charge in [-0.15, -0.1) is 0 Å². The first-order valence-electron chi connectivity index (χ1n) is 10.7. The second kappa shape index (κ2) is 8.53. The molecule has 2 aromatic carbocycles. The Bertz CT molecular complexity index is 913. The van der Waals surface area contributed by atoms with Gasteiger partial charge in [-0.1, -0.05) is 73.5 Å². The summed E-state index contributed by atoms with van der Waals surface area (Å²) in [6, 6.07) is 18.0. The second-order valence-electron chi connectivity index (χ2n) is 8.19. The Morgan fingerprint density at radius 2 is 1.45 bits per heavy atom. The number of carbonyl (C=O) groups is 3. The summed E-state index contributed by atoms with van der Waals surface area (Å²) in [5.41, 5.74) is 0.0978. The molecule has 0 bridgehead atoms. The third-order valence-corrected chi connectivity index (χ3v) is 6.44. The maximum Gasteiger partial charge on any atom is 0.320 e. The molecule has 6 heteroatoms. The van der Waals surface area contributed by atoms with E-state index in [0.29, 0.717) is 11.1 Å². The molecule has 2 atom stereocenters. The lowest BCUT2D eigenvalue weighted by molar-refractivity contribution is -0.200. The van der Waals surface area contributed by atoms with Crippen LogP contribution in [0.4, 0.5) is 0 Å². The number of benzene rings is 2. The van der Waals surface area contributed by atoms with E-state index in [-0.39, 0.29) is 11.9 Å². The zero-order valence-electron chi connectivity index (χ0n) is 17.8. The van der Waals surface area contributed by atoms with E-state index in [9.17, 15) is 14.4 Å². The Labute approximate surface area is 182 Å². The van der Waals surface area contributed by atoms with Crippen LogP contribution >= 0.6 is 0 Å². The van der Waals surface area contributed by atoms with Gasteiger partial charge in [-0.25, -0.2) is 0 Å². The van der Waals surface area contributed by atoms with Crippen LogP contribution in [-0.2, 0) is 29.5 Å². The van der Waals surface area contributed by atoms with Crippen LogP contribution in [0.25, 0.3) is 0 Å². The Hall–Kier alpha value is -3.15. The number of hydrogen-bond acceptors (Lipinski definition) is 5. The number of hydrogen-bond donors (Lipinski definition) is 0. The van der Waals surface area contributed by atoms with Gasteiger partial charge in [-0.05, 0) is 12.8 Å². The predicted octanol–water partition coefficient (Wildman–Crippen LogP) is 3.44. The van der Waals surface area contributed by atoms with Crippen LogP contribution in [0, 0.1) is 5.92 Å². The molecule has 2 aliphatic rings. The van der Waals surface area contributed by atoms with Crippen LogP contribution in [0.2, 0.25) is 0 Å². The quantitative estimate of drug-likeness (QED) is 0.406. The zero-order valence-corrected chi connectivity index (χ0v) is 17.8. The summed E-state index contributed by atoms with van der Waals surface area (Å²) in [7, 11) is 1.28. The van der Waals surface area contributed by atoms with Gasteiger partial charge in [0.25, 0.3) is 0 Å². The van der Waals surface area contributed by atoms with Crippen molar-refractivity contribution in [2.24, 2.45) is 5.92 Å². The number of carbonyl (C=O) groups excluding carboxylic acids is 3. The highest BCUT2D eigenvalue weighted by Gasteiger charge is 2.65. The van der Waals surface area contributed by atoms with Gasteiger partial charge in [0.2, 0.25) is 5.91 Å². The van der Waals surface area contributed by atoms with Crippen molar-refractivity contribution in [3.05, 3.63) is 71.8 Å². The van der Waals surface area contributed by atoms with E-state index in [1.165, 1.54) is 14.0 Å². The molecular weight excluding hydrogens is 394 g/mol. The third kappa shape index (κ3) is 3.50. The molecule has 0 unspecified atom stereocenters. The minimum atomic E-state index is -1.33. The lowest BCUT2D eigenvalue weighted by Gasteiger charge is -2.56. The lowest BCUT2D eigenvalue weighted by atomic mass is 9.68. The largest absolute Gasteiger partial charge is 0.468 e. The summed E-state index contributed by atoms with van der Waals surface area (Å²) in [6.07, 6.45) is 3.80. The molecule has 1 aliphatic heterocycles. The number of β-lactam (4-membered cyclic amide) rings is 1. The summed E-state index contributed by atoms with van der Waals surface area (Å²) in [5, 5.41) is 0. The van der Waals surface area contributed by atoms with E-state index >= 15 is 0 Å². The van der Waals surface area contributed by atoms with E-state index in [1.807, 2.05) is 60.7 Å². The van der Waals surface area contributed by atoms with Crippen LogP contribution in [0.15, 0.2) is 60.7 Å². The van der Waals surface area contributed by atoms with Crippen molar-refractivity contribution in [3.63, 3.8) is 0 Å². The first-order valence-corrected chi connectivity index (χ1v) is 10.7. The van der Waals surface area contributed by atoms with Crippen molar-refractivity contribution in [2.75, 3.05) is 7.11 Å². The Morgan fingerprint density at radius 1 is 0.935 bits per heavy atom. The van der Waals surface area contributed by atoms with Gasteiger partial charge in [0.05, 0.1) is 7.11 Å². The number of ether oxygens (including phenoxy) is 2. The smallest absolute Gasteiger partial charge is 0.320 e. The topological polar surface area (TPSA) is 72.9 Å². The number of likely N-dealkylation sites (tertiary alicyclic amines) is 1. The zero-order chi connectivity index (χ0) is 22.0. The van der Waals surface area contributed by atoms with Crippen molar-refractivity contribution >= 4 is 17.8 Å². The van der Waals surface area contributed by atoms with Gasteiger partial charge in [0, 0.05) is 24.1 Å². The number of rotatable bonds is 6. The summed E-state index contributed by atoms with van der Waals surface area (Å²) in [5.74, 6) is -2.38. The third-order valence-electron chi connectivity index (χ3n) is 6.44. The summed E-state index contributed by atoms with van der Waals surface area (Å²) < 4.78 is 11.1. The number of methoxy groups -OCH3 is 1. The maximum atomic E-state index is 13.2. The van der Waals surface area contributed by atoms with Gasteiger partial charge in [0.1, 0.15) is 6.04 Å². The number of amides is 1. The van der Waals surface area contributed by atoms with Gasteiger partial charge in [0.15, 0.2) is 11.5 Å². The van der Waals surface area contributed by atoms with Crippen molar-refractivity contribution in [3.8, 4) is 0 Å². The van der Waals surface area contributed by atoms with E-state index in [4.69, 9.17) is 9.47 Å². The van der Waals surface area contributed by atoms with Crippen molar-refractivity contribution < 1.29 is 23.9 Å². The first kappa shape index (κ1) is 21.1. The molecule has 0 N–H and O–H groups in total. The summed E-state index contributed by atoms with van der Waals surface area (Å²) in [6.45, 7) is 1.36. The minimum absolute atomic E-state index is 0.0146. The van der Waals surface area contributed by atoms with Gasteiger partial charge < -0.3 is 14.4 Å². The summed E-state index contributed by atoms with van der Waals surface area (Å²) in [4.78, 5) is 40.2. The molecule has 4 rings (SSSR count). The summed E-state index contributed by atoms with van der Waals surface area (Å²) >= 11 is 0. The average molecular weight is 421 g/mol. The highest BCUT2D eigenvalue weighted by Crippen LogP contribution is 2.50. The van der Waals surface area contributed by atoms with E-state index in [1.54, 1.807) is 4.90 Å². The highest BCUT2D eigenvalue weighted by atomic mass is 16.6. The van der Waals surface area contributed by atoms with E-state index in [0.717, 1.165) is 25.7 Å². The number of nitrogens with zero attached hydrogens (tertiary/aromatic N) is 1. The molecule has 0 aromatic heterocycles. The average Bonchev–Trinajstić information content (AvgIpc) is 3.31. The molecule has 2 aromatic rings. The van der Waals surface area contributed by atoms with Gasteiger partial charge >= 0.3 is 11.9 Å². The molecule has 1 aliphatic carbocycles. The fraction of sp³-hybridized carbons (Fsp3) is 0.400. The normalized spacial score (nSPS) is 21.5. The molecule has 1 saturated heterocycles. The Balaban J connectivity index is 1.96. The predicted molar refractivity (Wildman–Crippen MR) is 114 cm³/mol. The monoisotopic (exact) mass is 421 g/mol. The molecule has 1 saturated carbocycles. The Morgan fingerprint density at radius 3 is 1.90 bits per heavy atom. The molecule has 6 nitrogen and oxygen atoms in total. The molecule has 1 heterocycles. The van der Waals surface area contributed by atoms with Crippen LogP contribution in [-0.4, -0.2) is 41.9 Å². The first-order chi connectivity index (χ1) is 15.0. The molecule has 162 valence electrons. The van der Waals surface area contributed by atoms with Crippen LogP contribution in [0.5, 0.6) is 0 Å². The van der Waals surface area contributed by atoms with E-state index < -0.39 is 29.5 Å². The molecule has 2 fully saturated rings. The van der Waals surface area contributed by atoms with Crippen LogP contribution < -0.4 is 0 Å². The van der Waals surface area contributed by atoms with Gasteiger partial charge in [-0.2, -0.15) is 0 Å². The fourth-order valence-corrected chi connectivity index (χ4v) is 5.17. The molecule has 1 amide bonds. The van der Waals surface area contributed by atoms with Crippen molar-refractivity contribution in [1.29, 1.82) is 0 Å². The lowest BCUT2D eigenvalue weighted by Crippen LogP contribution is -2.74. The SMILES string of the molecule is COC(=O)[C@@H]1C(=O)N(C2CCCC2)[C@H]1C(OC(C)=O)(c1ccccc1)c1ccccc1. The van der Waals surface area contributed by atoms with Crippen molar-refractivity contribution in [1.82, 2.24) is 4.90 Å². The van der Waals surface area contributed by atoms with Gasteiger partial charge in [-0.3, -0.25) is 14.4 Å². The van der Waals surface area contributed by atoms with E-state index in [2.05, 4.69) is 0 Å². The minimum Gasteiger partial charge on any atom is -0.468 e.